The first-order valence-electron chi connectivity index (χ1n) is 4.79. The van der Waals surface area contributed by atoms with Crippen molar-refractivity contribution < 1.29 is 5.11 Å². The van der Waals surface area contributed by atoms with Crippen molar-refractivity contribution in [1.82, 2.24) is 0 Å². The van der Waals surface area contributed by atoms with Crippen molar-refractivity contribution in [3.63, 3.8) is 0 Å². The number of likely N-dealkylation sites (N-methyl/N-ethyl adjacent to an activating group) is 1. The summed E-state index contributed by atoms with van der Waals surface area (Å²) in [6.07, 6.45) is -0.349. The molecule has 1 aromatic rings. The lowest BCUT2D eigenvalue weighted by Gasteiger charge is -2.15. The van der Waals surface area contributed by atoms with E-state index in [0.717, 1.165) is 22.8 Å². The molecule has 14 heavy (non-hydrogen) atoms. The molecule has 0 aliphatic carbocycles. The number of anilines is 1. The highest BCUT2D eigenvalue weighted by Gasteiger charge is 2.31. The molecule has 0 fully saturated rings. The number of aliphatic hydroxyl groups is 1. The molecule has 0 amide bonds. The van der Waals surface area contributed by atoms with Gasteiger partial charge in [-0.3, -0.25) is 0 Å². The van der Waals surface area contributed by atoms with E-state index in [9.17, 15) is 5.11 Å². The van der Waals surface area contributed by atoms with E-state index < -0.39 is 0 Å². The standard InChI is InChI=1S/C11H14ClNO/c1-7(14)8-6-13(2)10-5-3-4-9(12)11(8)10/h3-5,7-8,14H,6H2,1-2H3. The second-order valence-corrected chi connectivity index (χ2v) is 4.31. The fraction of sp³-hybridized carbons (Fsp3) is 0.455. The molecule has 0 saturated heterocycles. The molecule has 1 aliphatic heterocycles. The quantitative estimate of drug-likeness (QED) is 0.771. The molecular formula is C11H14ClNO. The van der Waals surface area contributed by atoms with Crippen molar-refractivity contribution in [2.45, 2.75) is 18.9 Å². The molecule has 1 aliphatic rings. The molecule has 1 N–H and O–H groups in total. The van der Waals surface area contributed by atoms with Crippen LogP contribution in [0.3, 0.4) is 0 Å². The zero-order valence-electron chi connectivity index (χ0n) is 8.37. The highest BCUT2D eigenvalue weighted by molar-refractivity contribution is 6.32. The number of benzene rings is 1. The van der Waals surface area contributed by atoms with Gasteiger partial charge < -0.3 is 10.0 Å². The lowest BCUT2D eigenvalue weighted by atomic mass is 9.96. The van der Waals surface area contributed by atoms with Crippen LogP contribution in [0.1, 0.15) is 18.4 Å². The maximum atomic E-state index is 9.66. The SMILES string of the molecule is CC(O)C1CN(C)c2cccc(Cl)c21. The van der Waals surface area contributed by atoms with E-state index in [1.165, 1.54) is 0 Å². The van der Waals surface area contributed by atoms with E-state index in [0.29, 0.717) is 0 Å². The van der Waals surface area contributed by atoms with Crippen LogP contribution in [0.5, 0.6) is 0 Å². The second kappa shape index (κ2) is 3.44. The highest BCUT2D eigenvalue weighted by atomic mass is 35.5. The third-order valence-electron chi connectivity index (χ3n) is 2.86. The van der Waals surface area contributed by atoms with Gasteiger partial charge in [0.2, 0.25) is 0 Å². The van der Waals surface area contributed by atoms with Crippen LogP contribution in [-0.4, -0.2) is 24.8 Å². The molecule has 3 heteroatoms. The molecule has 2 nitrogen and oxygen atoms in total. The van der Waals surface area contributed by atoms with E-state index in [-0.39, 0.29) is 12.0 Å². The van der Waals surface area contributed by atoms with Crippen LogP contribution >= 0.6 is 11.6 Å². The molecule has 0 spiro atoms. The van der Waals surface area contributed by atoms with Crippen molar-refractivity contribution in [2.24, 2.45) is 0 Å². The van der Waals surface area contributed by atoms with Gasteiger partial charge in [0, 0.05) is 35.8 Å². The van der Waals surface area contributed by atoms with Crippen molar-refractivity contribution in [1.29, 1.82) is 0 Å². The molecule has 1 aromatic carbocycles. The summed E-state index contributed by atoms with van der Waals surface area (Å²) in [6.45, 7) is 2.66. The monoisotopic (exact) mass is 211 g/mol. The predicted molar refractivity (Wildman–Crippen MR) is 59.1 cm³/mol. The maximum Gasteiger partial charge on any atom is 0.0598 e. The summed E-state index contributed by atoms with van der Waals surface area (Å²) in [6, 6.07) is 5.88. The van der Waals surface area contributed by atoms with Crippen LogP contribution in [0, 0.1) is 0 Å². The van der Waals surface area contributed by atoms with Gasteiger partial charge in [-0.15, -0.1) is 0 Å². The number of hydrogen-bond acceptors (Lipinski definition) is 2. The van der Waals surface area contributed by atoms with Gasteiger partial charge in [0.15, 0.2) is 0 Å². The maximum absolute atomic E-state index is 9.66. The van der Waals surface area contributed by atoms with Crippen molar-refractivity contribution in [3.05, 3.63) is 28.8 Å². The summed E-state index contributed by atoms with van der Waals surface area (Å²) >= 11 is 6.14. The van der Waals surface area contributed by atoms with E-state index in [1.807, 2.05) is 32.2 Å². The van der Waals surface area contributed by atoms with Gasteiger partial charge in [0.05, 0.1) is 6.10 Å². The van der Waals surface area contributed by atoms with Gasteiger partial charge in [-0.05, 0) is 19.1 Å². The first-order valence-corrected chi connectivity index (χ1v) is 5.16. The van der Waals surface area contributed by atoms with Gasteiger partial charge in [-0.1, -0.05) is 17.7 Å². The topological polar surface area (TPSA) is 23.5 Å². The normalized spacial score (nSPS) is 22.3. The summed E-state index contributed by atoms with van der Waals surface area (Å²) in [5.41, 5.74) is 2.23. The minimum atomic E-state index is -0.349. The number of fused-ring (bicyclic) bond motifs is 1. The summed E-state index contributed by atoms with van der Waals surface area (Å²) in [7, 11) is 2.03. The Labute approximate surface area is 89.1 Å². The fourth-order valence-electron chi connectivity index (χ4n) is 2.10. The van der Waals surface area contributed by atoms with E-state index in [1.54, 1.807) is 0 Å². The van der Waals surface area contributed by atoms with Gasteiger partial charge >= 0.3 is 0 Å². The third-order valence-corrected chi connectivity index (χ3v) is 3.19. The van der Waals surface area contributed by atoms with E-state index >= 15 is 0 Å². The first-order chi connectivity index (χ1) is 6.61. The first kappa shape index (κ1) is 9.81. The Morgan fingerprint density at radius 1 is 1.57 bits per heavy atom. The second-order valence-electron chi connectivity index (χ2n) is 3.90. The van der Waals surface area contributed by atoms with Crippen LogP contribution < -0.4 is 4.90 Å². The number of aliphatic hydroxyl groups excluding tert-OH is 1. The van der Waals surface area contributed by atoms with Gasteiger partial charge in [-0.2, -0.15) is 0 Å². The van der Waals surface area contributed by atoms with Gasteiger partial charge in [-0.25, -0.2) is 0 Å². The molecule has 0 bridgehead atoms. The summed E-state index contributed by atoms with van der Waals surface area (Å²) in [5, 5.41) is 10.4. The molecule has 2 atom stereocenters. The molecule has 2 rings (SSSR count). The summed E-state index contributed by atoms with van der Waals surface area (Å²) in [5.74, 6) is 0.142. The Bertz CT molecular complexity index is 351. The Morgan fingerprint density at radius 3 is 2.93 bits per heavy atom. The Hall–Kier alpha value is -0.730. The number of halogens is 1. The highest BCUT2D eigenvalue weighted by Crippen LogP contribution is 2.41. The lowest BCUT2D eigenvalue weighted by molar-refractivity contribution is 0.167. The smallest absolute Gasteiger partial charge is 0.0598 e. The van der Waals surface area contributed by atoms with Gasteiger partial charge in [0.25, 0.3) is 0 Å². The lowest BCUT2D eigenvalue weighted by Crippen LogP contribution is -2.21. The molecule has 76 valence electrons. The van der Waals surface area contributed by atoms with Crippen LogP contribution in [-0.2, 0) is 0 Å². The summed E-state index contributed by atoms with van der Waals surface area (Å²) < 4.78 is 0. The largest absolute Gasteiger partial charge is 0.393 e. The van der Waals surface area contributed by atoms with Crippen molar-refractivity contribution in [3.8, 4) is 0 Å². The zero-order chi connectivity index (χ0) is 10.3. The average molecular weight is 212 g/mol. The van der Waals surface area contributed by atoms with Crippen molar-refractivity contribution in [2.75, 3.05) is 18.5 Å². The Kier molecular flexibility index (Phi) is 2.41. The minimum absolute atomic E-state index is 0.142. The summed E-state index contributed by atoms with van der Waals surface area (Å²) in [4.78, 5) is 2.14. The number of hydrogen-bond donors (Lipinski definition) is 1. The molecule has 2 unspecified atom stereocenters. The number of rotatable bonds is 1. The van der Waals surface area contributed by atoms with E-state index in [4.69, 9.17) is 11.6 Å². The minimum Gasteiger partial charge on any atom is -0.393 e. The molecule has 0 radical (unpaired) electrons. The molecule has 0 aromatic heterocycles. The Morgan fingerprint density at radius 2 is 2.29 bits per heavy atom. The molecular weight excluding hydrogens is 198 g/mol. The molecule has 1 heterocycles. The van der Waals surface area contributed by atoms with E-state index in [2.05, 4.69) is 4.90 Å². The van der Waals surface area contributed by atoms with Crippen LogP contribution in [0.2, 0.25) is 5.02 Å². The zero-order valence-corrected chi connectivity index (χ0v) is 9.12. The predicted octanol–water partition coefficient (Wildman–Crippen LogP) is 2.25. The van der Waals surface area contributed by atoms with Crippen molar-refractivity contribution >= 4 is 17.3 Å². The average Bonchev–Trinajstić information content (AvgIpc) is 2.46. The van der Waals surface area contributed by atoms with Crippen LogP contribution in [0.25, 0.3) is 0 Å². The van der Waals surface area contributed by atoms with Crippen LogP contribution in [0.15, 0.2) is 18.2 Å². The Balaban J connectivity index is 2.51. The fourth-order valence-corrected chi connectivity index (χ4v) is 2.41. The van der Waals surface area contributed by atoms with Crippen LogP contribution in [0.4, 0.5) is 5.69 Å². The third kappa shape index (κ3) is 1.39. The van der Waals surface area contributed by atoms with Gasteiger partial charge in [0.1, 0.15) is 0 Å². The number of nitrogens with zero attached hydrogens (tertiary/aromatic N) is 1. The molecule has 0 saturated carbocycles.